The Morgan fingerprint density at radius 2 is 2.24 bits per heavy atom. The molecule has 0 bridgehead atoms. The highest BCUT2D eigenvalue weighted by Gasteiger charge is 2.46. The van der Waals surface area contributed by atoms with E-state index in [-0.39, 0.29) is 17.4 Å². The third-order valence-corrected chi connectivity index (χ3v) is 4.99. The Kier molecular flexibility index (Phi) is 3.85. The second kappa shape index (κ2) is 5.64. The van der Waals surface area contributed by atoms with Crippen LogP contribution in [0.5, 0.6) is 0 Å². The van der Waals surface area contributed by atoms with Gasteiger partial charge in [-0.15, -0.1) is 0 Å². The standard InChI is InChI=1S/C16H23N3O2/c1-21-13-6-3-8-16(13)9-4-10-19(11-16)15(20)12-5-2-7-14(17)18-12/h2,5,7,13H,3-4,6,8-11H2,1H3,(H2,17,18)/t13-,16+/m1/s1. The molecule has 5 heteroatoms. The molecule has 0 aromatic carbocycles. The molecule has 21 heavy (non-hydrogen) atoms. The molecule has 114 valence electrons. The Labute approximate surface area is 125 Å². The lowest BCUT2D eigenvalue weighted by molar-refractivity contribution is -0.0296. The molecule has 0 radical (unpaired) electrons. The van der Waals surface area contributed by atoms with Crippen molar-refractivity contribution < 1.29 is 9.53 Å². The van der Waals surface area contributed by atoms with Crippen molar-refractivity contribution in [2.24, 2.45) is 5.41 Å². The van der Waals surface area contributed by atoms with Gasteiger partial charge in [0.2, 0.25) is 0 Å². The highest BCUT2D eigenvalue weighted by Crippen LogP contribution is 2.46. The van der Waals surface area contributed by atoms with Gasteiger partial charge in [-0.3, -0.25) is 4.79 Å². The number of hydrogen-bond acceptors (Lipinski definition) is 4. The average molecular weight is 289 g/mol. The van der Waals surface area contributed by atoms with Gasteiger partial charge in [0.25, 0.3) is 5.91 Å². The first-order valence-electron chi connectivity index (χ1n) is 7.69. The summed E-state index contributed by atoms with van der Waals surface area (Å²) in [6.45, 7) is 1.58. The van der Waals surface area contributed by atoms with Crippen LogP contribution in [0.25, 0.3) is 0 Å². The summed E-state index contributed by atoms with van der Waals surface area (Å²) in [6.07, 6.45) is 5.92. The molecular formula is C16H23N3O2. The maximum atomic E-state index is 12.7. The average Bonchev–Trinajstić information content (AvgIpc) is 2.88. The molecular weight excluding hydrogens is 266 g/mol. The number of nitrogens with zero attached hydrogens (tertiary/aromatic N) is 2. The lowest BCUT2D eigenvalue weighted by Gasteiger charge is -2.43. The number of ether oxygens (including phenoxy) is 1. The molecule has 1 spiro atoms. The van der Waals surface area contributed by atoms with Crippen molar-refractivity contribution >= 4 is 11.7 Å². The number of carbonyl (C=O) groups excluding carboxylic acids is 1. The predicted molar refractivity (Wildman–Crippen MR) is 80.9 cm³/mol. The molecule has 5 nitrogen and oxygen atoms in total. The summed E-state index contributed by atoms with van der Waals surface area (Å²) in [4.78, 5) is 18.7. The number of hydrogen-bond donors (Lipinski definition) is 1. The van der Waals surface area contributed by atoms with Crippen molar-refractivity contribution in [1.82, 2.24) is 9.88 Å². The van der Waals surface area contributed by atoms with Crippen LogP contribution in [-0.4, -0.2) is 42.1 Å². The van der Waals surface area contributed by atoms with Crippen LogP contribution in [0.3, 0.4) is 0 Å². The molecule has 3 rings (SSSR count). The number of likely N-dealkylation sites (tertiary alicyclic amines) is 1. The van der Waals surface area contributed by atoms with E-state index < -0.39 is 0 Å². The minimum Gasteiger partial charge on any atom is -0.384 e. The maximum absolute atomic E-state index is 12.7. The lowest BCUT2D eigenvalue weighted by atomic mass is 9.76. The lowest BCUT2D eigenvalue weighted by Crippen LogP contribution is -2.50. The second-order valence-corrected chi connectivity index (χ2v) is 6.26. The Bertz CT molecular complexity index is 534. The normalized spacial score (nSPS) is 29.0. The third kappa shape index (κ3) is 2.62. The van der Waals surface area contributed by atoms with Crippen LogP contribution in [0.4, 0.5) is 5.82 Å². The Balaban J connectivity index is 1.78. The zero-order valence-electron chi connectivity index (χ0n) is 12.5. The summed E-state index contributed by atoms with van der Waals surface area (Å²) < 4.78 is 5.68. The fourth-order valence-electron chi connectivity index (χ4n) is 4.01. The topological polar surface area (TPSA) is 68.5 Å². The van der Waals surface area contributed by atoms with E-state index in [0.29, 0.717) is 11.5 Å². The third-order valence-electron chi connectivity index (χ3n) is 4.99. The van der Waals surface area contributed by atoms with Gasteiger partial charge >= 0.3 is 0 Å². The minimum atomic E-state index is -0.0110. The van der Waals surface area contributed by atoms with Gasteiger partial charge in [-0.25, -0.2) is 4.98 Å². The molecule has 2 aliphatic rings. The van der Waals surface area contributed by atoms with Gasteiger partial charge in [-0.1, -0.05) is 12.5 Å². The number of piperidine rings is 1. The second-order valence-electron chi connectivity index (χ2n) is 6.26. The number of rotatable bonds is 2. The van der Waals surface area contributed by atoms with E-state index in [1.807, 2.05) is 4.90 Å². The summed E-state index contributed by atoms with van der Waals surface area (Å²) in [7, 11) is 1.79. The van der Waals surface area contributed by atoms with E-state index in [2.05, 4.69) is 4.98 Å². The van der Waals surface area contributed by atoms with Crippen molar-refractivity contribution in [1.29, 1.82) is 0 Å². The summed E-state index contributed by atoms with van der Waals surface area (Å²) in [5.41, 5.74) is 6.27. The van der Waals surface area contributed by atoms with Gasteiger partial charge in [0, 0.05) is 25.6 Å². The number of nitrogens with two attached hydrogens (primary N) is 1. The molecule has 2 atom stereocenters. The van der Waals surface area contributed by atoms with E-state index in [0.717, 1.165) is 38.8 Å². The van der Waals surface area contributed by atoms with Gasteiger partial charge in [-0.2, -0.15) is 0 Å². The van der Waals surface area contributed by atoms with Gasteiger partial charge in [-0.05, 0) is 37.8 Å². The van der Waals surface area contributed by atoms with E-state index in [4.69, 9.17) is 10.5 Å². The zero-order valence-corrected chi connectivity index (χ0v) is 12.5. The molecule has 0 unspecified atom stereocenters. The van der Waals surface area contributed by atoms with Gasteiger partial charge in [0.15, 0.2) is 0 Å². The molecule has 2 N–H and O–H groups in total. The van der Waals surface area contributed by atoms with E-state index in [1.165, 1.54) is 6.42 Å². The largest absolute Gasteiger partial charge is 0.384 e. The molecule has 1 aliphatic heterocycles. The Hall–Kier alpha value is -1.62. The van der Waals surface area contributed by atoms with Gasteiger partial charge < -0.3 is 15.4 Å². The first kappa shape index (κ1) is 14.3. The number of carbonyl (C=O) groups is 1. The van der Waals surface area contributed by atoms with Crippen LogP contribution in [-0.2, 0) is 4.74 Å². The maximum Gasteiger partial charge on any atom is 0.272 e. The van der Waals surface area contributed by atoms with Crippen LogP contribution in [0.1, 0.15) is 42.6 Å². The predicted octanol–water partition coefficient (Wildman–Crippen LogP) is 2.09. The number of aromatic nitrogens is 1. The smallest absolute Gasteiger partial charge is 0.272 e. The Morgan fingerprint density at radius 1 is 1.43 bits per heavy atom. The van der Waals surface area contributed by atoms with Crippen molar-refractivity contribution in [2.75, 3.05) is 25.9 Å². The van der Waals surface area contributed by atoms with E-state index in [1.54, 1.807) is 25.3 Å². The molecule has 1 saturated heterocycles. The molecule has 1 aliphatic carbocycles. The number of pyridine rings is 1. The highest BCUT2D eigenvalue weighted by atomic mass is 16.5. The molecule has 1 saturated carbocycles. The van der Waals surface area contributed by atoms with Gasteiger partial charge in [0.05, 0.1) is 6.10 Å². The summed E-state index contributed by atoms with van der Waals surface area (Å²) in [5, 5.41) is 0. The number of amides is 1. The molecule has 1 aromatic rings. The first-order valence-corrected chi connectivity index (χ1v) is 7.69. The Morgan fingerprint density at radius 3 is 3.00 bits per heavy atom. The monoisotopic (exact) mass is 289 g/mol. The molecule has 2 fully saturated rings. The van der Waals surface area contributed by atoms with Crippen molar-refractivity contribution in [3.8, 4) is 0 Å². The SMILES string of the molecule is CO[C@@H]1CCC[C@@]12CCCN(C(=O)c1cccc(N)n1)C2. The number of methoxy groups -OCH3 is 1. The highest BCUT2D eigenvalue weighted by molar-refractivity contribution is 5.92. The van der Waals surface area contributed by atoms with Crippen LogP contribution < -0.4 is 5.73 Å². The van der Waals surface area contributed by atoms with E-state index in [9.17, 15) is 4.79 Å². The van der Waals surface area contributed by atoms with Crippen molar-refractivity contribution in [3.63, 3.8) is 0 Å². The first-order chi connectivity index (χ1) is 10.1. The minimum absolute atomic E-state index is 0.0110. The quantitative estimate of drug-likeness (QED) is 0.905. The van der Waals surface area contributed by atoms with Crippen molar-refractivity contribution in [3.05, 3.63) is 23.9 Å². The molecule has 2 heterocycles. The summed E-state index contributed by atoms with van der Waals surface area (Å²) >= 11 is 0. The fraction of sp³-hybridized carbons (Fsp3) is 0.625. The van der Waals surface area contributed by atoms with Crippen LogP contribution >= 0.6 is 0 Å². The van der Waals surface area contributed by atoms with Crippen LogP contribution in [0.15, 0.2) is 18.2 Å². The zero-order chi connectivity index (χ0) is 14.9. The molecule has 1 aromatic heterocycles. The number of anilines is 1. The van der Waals surface area contributed by atoms with Crippen LogP contribution in [0, 0.1) is 5.41 Å². The number of nitrogen functional groups attached to an aromatic ring is 1. The summed E-state index contributed by atoms with van der Waals surface area (Å²) in [5.74, 6) is 0.381. The van der Waals surface area contributed by atoms with Crippen LogP contribution in [0.2, 0.25) is 0 Å². The summed E-state index contributed by atoms with van der Waals surface area (Å²) in [6, 6.07) is 5.22. The van der Waals surface area contributed by atoms with Crippen molar-refractivity contribution in [2.45, 2.75) is 38.2 Å². The molecule has 1 amide bonds. The fourth-order valence-corrected chi connectivity index (χ4v) is 4.01. The van der Waals surface area contributed by atoms with Gasteiger partial charge in [0.1, 0.15) is 11.5 Å². The van der Waals surface area contributed by atoms with E-state index >= 15 is 0 Å².